The minimum atomic E-state index is -3.28. The summed E-state index contributed by atoms with van der Waals surface area (Å²) < 4.78 is 24.6. The van der Waals surface area contributed by atoms with Gasteiger partial charge in [-0.25, -0.2) is 8.42 Å². The van der Waals surface area contributed by atoms with Crippen molar-refractivity contribution in [1.29, 1.82) is 0 Å². The average Bonchev–Trinajstić information content (AvgIpc) is 2.90. The van der Waals surface area contributed by atoms with Crippen LogP contribution in [0.5, 0.6) is 0 Å². The van der Waals surface area contributed by atoms with Gasteiger partial charge in [0.05, 0.1) is 12.3 Å². The summed E-state index contributed by atoms with van der Waals surface area (Å²) in [5.41, 5.74) is 1.08. The molecule has 0 aromatic heterocycles. The maximum atomic E-state index is 12.3. The monoisotopic (exact) mass is 350 g/mol. The number of halogens is 1. The molecule has 0 amide bonds. The van der Waals surface area contributed by atoms with E-state index in [0.29, 0.717) is 11.3 Å². The Labute approximate surface area is 137 Å². The largest absolute Gasteiger partial charge is 0.412 e. The molecule has 22 heavy (non-hydrogen) atoms. The molecular formula is C14H23ClN2O4S. The summed E-state index contributed by atoms with van der Waals surface area (Å²) in [5, 5.41) is 0. The lowest BCUT2D eigenvalue weighted by molar-refractivity contribution is 0.0867. The molecule has 1 atom stereocenters. The van der Waals surface area contributed by atoms with Gasteiger partial charge in [0.1, 0.15) is 0 Å². The van der Waals surface area contributed by atoms with Crippen LogP contribution < -0.4 is 4.72 Å². The summed E-state index contributed by atoms with van der Waals surface area (Å²) in [4.78, 5) is 14.5. The quantitative estimate of drug-likeness (QED) is 0.810. The zero-order chi connectivity index (χ0) is 14.8. The van der Waals surface area contributed by atoms with Crippen LogP contribution in [0.4, 0.5) is 5.69 Å². The number of benzene rings is 1. The molecule has 0 saturated carbocycles. The highest BCUT2D eigenvalue weighted by atomic mass is 35.5. The Hall–Kier alpha value is -1.15. The second-order valence-corrected chi connectivity index (χ2v) is 6.98. The van der Waals surface area contributed by atoms with Gasteiger partial charge in [-0.2, -0.15) is 0 Å². The molecule has 1 heterocycles. The fraction of sp³-hybridized carbons (Fsp3) is 0.500. The molecule has 1 unspecified atom stereocenters. The van der Waals surface area contributed by atoms with Crippen LogP contribution in [0.2, 0.25) is 0 Å². The van der Waals surface area contributed by atoms with Crippen molar-refractivity contribution < 1.29 is 18.7 Å². The van der Waals surface area contributed by atoms with E-state index in [0.717, 1.165) is 32.2 Å². The number of nitrogens with one attached hydrogen (secondary N) is 1. The zero-order valence-electron chi connectivity index (χ0n) is 12.7. The van der Waals surface area contributed by atoms with E-state index in [-0.39, 0.29) is 29.7 Å². The smallest absolute Gasteiger partial charge is 0.229 e. The van der Waals surface area contributed by atoms with Crippen molar-refractivity contribution in [3.8, 4) is 0 Å². The Kier molecular flexibility index (Phi) is 8.03. The number of rotatable bonds is 5. The molecule has 0 aliphatic carbocycles. The molecule has 1 saturated heterocycles. The molecule has 1 aliphatic heterocycles. The number of carbonyl (C=O) groups is 1. The van der Waals surface area contributed by atoms with Gasteiger partial charge in [-0.05, 0) is 57.1 Å². The second kappa shape index (κ2) is 8.47. The Morgan fingerprint density at radius 3 is 2.14 bits per heavy atom. The van der Waals surface area contributed by atoms with Crippen LogP contribution in [0, 0.1) is 0 Å². The number of nitrogens with zero attached hydrogens (tertiary/aromatic N) is 1. The van der Waals surface area contributed by atoms with Crippen LogP contribution in [0.15, 0.2) is 24.3 Å². The predicted molar refractivity (Wildman–Crippen MR) is 90.4 cm³/mol. The lowest BCUT2D eigenvalue weighted by Gasteiger charge is -2.22. The molecule has 1 fully saturated rings. The third kappa shape index (κ3) is 5.57. The number of carbonyl (C=O) groups excluding carboxylic acids is 1. The summed E-state index contributed by atoms with van der Waals surface area (Å²) in [5.74, 6) is 0.0813. The Balaban J connectivity index is 0.00000220. The normalized spacial score (nSPS) is 16.3. The van der Waals surface area contributed by atoms with Crippen molar-refractivity contribution in [2.45, 2.75) is 25.8 Å². The van der Waals surface area contributed by atoms with E-state index >= 15 is 0 Å². The summed E-state index contributed by atoms with van der Waals surface area (Å²) in [6.07, 6.45) is 3.39. The van der Waals surface area contributed by atoms with Gasteiger partial charge in [0.25, 0.3) is 0 Å². The van der Waals surface area contributed by atoms with Crippen LogP contribution in [-0.4, -0.2) is 50.0 Å². The van der Waals surface area contributed by atoms with Crippen molar-refractivity contribution in [3.05, 3.63) is 29.8 Å². The van der Waals surface area contributed by atoms with Gasteiger partial charge in [0, 0.05) is 11.3 Å². The van der Waals surface area contributed by atoms with E-state index < -0.39 is 10.0 Å². The summed E-state index contributed by atoms with van der Waals surface area (Å²) in [6.45, 7) is 3.87. The number of anilines is 1. The molecule has 1 aromatic carbocycles. The Morgan fingerprint density at radius 2 is 1.68 bits per heavy atom. The van der Waals surface area contributed by atoms with E-state index in [1.54, 1.807) is 24.3 Å². The van der Waals surface area contributed by atoms with Crippen molar-refractivity contribution in [3.63, 3.8) is 0 Å². The van der Waals surface area contributed by atoms with E-state index in [9.17, 15) is 13.2 Å². The van der Waals surface area contributed by atoms with E-state index in [2.05, 4.69) is 9.62 Å². The highest BCUT2D eigenvalue weighted by Crippen LogP contribution is 2.17. The van der Waals surface area contributed by atoms with Crippen molar-refractivity contribution >= 4 is 33.9 Å². The molecule has 126 valence electrons. The van der Waals surface area contributed by atoms with Gasteiger partial charge in [-0.1, -0.05) is 0 Å². The van der Waals surface area contributed by atoms with Gasteiger partial charge in [-0.3, -0.25) is 14.4 Å². The molecule has 1 aliphatic rings. The fourth-order valence-corrected chi connectivity index (χ4v) is 3.02. The number of Topliss-reactive ketones (excluding diaryl/α,β-unsaturated/α-hetero) is 1. The van der Waals surface area contributed by atoms with E-state index in [1.165, 1.54) is 0 Å². The molecule has 0 bridgehead atoms. The topological polar surface area (TPSA) is 98.0 Å². The maximum absolute atomic E-state index is 12.3. The van der Waals surface area contributed by atoms with Crippen LogP contribution in [0.3, 0.4) is 0 Å². The Morgan fingerprint density at radius 1 is 1.18 bits per heavy atom. The third-order valence-electron chi connectivity index (χ3n) is 3.54. The molecule has 2 rings (SSSR count). The SMILES string of the molecule is CC(C(=O)c1ccc(NS(C)(=O)=O)cc1)N1CCCC1.Cl.O. The molecule has 1 aromatic rings. The minimum Gasteiger partial charge on any atom is -0.412 e. The zero-order valence-corrected chi connectivity index (χ0v) is 14.3. The molecule has 0 radical (unpaired) electrons. The number of hydrogen-bond donors (Lipinski definition) is 1. The minimum absolute atomic E-state index is 0. The average molecular weight is 351 g/mol. The van der Waals surface area contributed by atoms with Crippen molar-refractivity contribution in [2.75, 3.05) is 24.1 Å². The van der Waals surface area contributed by atoms with Gasteiger partial charge in [0.15, 0.2) is 5.78 Å². The van der Waals surface area contributed by atoms with Gasteiger partial charge in [-0.15, -0.1) is 12.4 Å². The van der Waals surface area contributed by atoms with Gasteiger partial charge < -0.3 is 5.48 Å². The standard InChI is InChI=1S/C14H20N2O3S.ClH.H2O/c1-11(16-9-3-4-10-16)14(17)12-5-7-13(8-6-12)15-20(2,18)19;;/h5-8,11,15H,3-4,9-10H2,1-2H3;1H;1H2. The van der Waals surface area contributed by atoms with Crippen LogP contribution >= 0.6 is 12.4 Å². The fourth-order valence-electron chi connectivity index (χ4n) is 2.45. The Bertz CT molecular complexity index is 583. The molecule has 3 N–H and O–H groups in total. The molecule has 6 nitrogen and oxygen atoms in total. The van der Waals surface area contributed by atoms with Gasteiger partial charge >= 0.3 is 0 Å². The summed E-state index contributed by atoms with van der Waals surface area (Å²) in [7, 11) is -3.28. The molecule has 8 heteroatoms. The highest BCUT2D eigenvalue weighted by Gasteiger charge is 2.24. The maximum Gasteiger partial charge on any atom is 0.229 e. The lowest BCUT2D eigenvalue weighted by atomic mass is 10.0. The highest BCUT2D eigenvalue weighted by molar-refractivity contribution is 7.92. The third-order valence-corrected chi connectivity index (χ3v) is 4.15. The van der Waals surface area contributed by atoms with Gasteiger partial charge in [0.2, 0.25) is 10.0 Å². The number of ketones is 1. The number of sulfonamides is 1. The van der Waals surface area contributed by atoms with Crippen molar-refractivity contribution in [1.82, 2.24) is 4.90 Å². The molecule has 0 spiro atoms. The van der Waals surface area contributed by atoms with E-state index in [1.807, 2.05) is 6.92 Å². The van der Waals surface area contributed by atoms with Crippen LogP contribution in [0.25, 0.3) is 0 Å². The first-order valence-corrected chi connectivity index (χ1v) is 8.62. The lowest BCUT2D eigenvalue weighted by Crippen LogP contribution is -2.36. The second-order valence-electron chi connectivity index (χ2n) is 5.23. The summed E-state index contributed by atoms with van der Waals surface area (Å²) >= 11 is 0. The van der Waals surface area contributed by atoms with Crippen molar-refractivity contribution in [2.24, 2.45) is 0 Å². The number of likely N-dealkylation sites (tertiary alicyclic amines) is 1. The summed E-state index contributed by atoms with van der Waals surface area (Å²) in [6, 6.07) is 6.45. The first-order valence-electron chi connectivity index (χ1n) is 6.73. The first kappa shape index (κ1) is 20.9. The first-order chi connectivity index (χ1) is 9.37. The van der Waals surface area contributed by atoms with E-state index in [4.69, 9.17) is 0 Å². The van der Waals surface area contributed by atoms with Crippen LogP contribution in [0.1, 0.15) is 30.1 Å². The molecular weight excluding hydrogens is 328 g/mol. The predicted octanol–water partition coefficient (Wildman–Crippen LogP) is 1.32. The number of hydrogen-bond acceptors (Lipinski definition) is 4. The van der Waals surface area contributed by atoms with Crippen LogP contribution in [-0.2, 0) is 10.0 Å².